The molecule has 0 bridgehead atoms. The zero-order valence-electron chi connectivity index (χ0n) is 10.4. The first-order valence-corrected chi connectivity index (χ1v) is 5.59. The molecule has 0 aliphatic heterocycles. The van der Waals surface area contributed by atoms with Crippen molar-refractivity contribution in [3.63, 3.8) is 0 Å². The molecule has 0 radical (unpaired) electrons. The zero-order valence-corrected chi connectivity index (χ0v) is 10.4. The third-order valence-corrected chi connectivity index (χ3v) is 2.29. The molecule has 0 saturated carbocycles. The Balaban J connectivity index is 2.60. The smallest absolute Gasteiger partial charge is 0.227 e. The first-order chi connectivity index (χ1) is 8.27. The number of nitrogens with zero attached hydrogens (tertiary/aromatic N) is 3. The van der Waals surface area contributed by atoms with E-state index in [1.165, 1.54) is 0 Å². The highest BCUT2D eigenvalue weighted by atomic mass is 16.5. The Morgan fingerprint density at radius 2 is 2.00 bits per heavy atom. The third kappa shape index (κ3) is 4.97. The quantitative estimate of drug-likeness (QED) is 0.669. The van der Waals surface area contributed by atoms with Crippen molar-refractivity contribution in [1.29, 1.82) is 0 Å². The molecule has 0 atom stereocenters. The number of hydrogen-bond donors (Lipinski definition) is 1. The van der Waals surface area contributed by atoms with Crippen molar-refractivity contribution < 1.29 is 9.47 Å². The second-order valence-corrected chi connectivity index (χ2v) is 3.61. The molecule has 17 heavy (non-hydrogen) atoms. The van der Waals surface area contributed by atoms with Gasteiger partial charge in [0.2, 0.25) is 5.95 Å². The van der Waals surface area contributed by atoms with Gasteiger partial charge in [-0.05, 0) is 12.5 Å². The van der Waals surface area contributed by atoms with Crippen molar-refractivity contribution in [2.24, 2.45) is 0 Å². The first kappa shape index (κ1) is 13.7. The lowest BCUT2D eigenvalue weighted by atomic mass is 10.4. The molecule has 96 valence electrons. The maximum absolute atomic E-state index is 5.65. The molecular weight excluding hydrogens is 220 g/mol. The molecule has 2 N–H and O–H groups in total. The van der Waals surface area contributed by atoms with Crippen LogP contribution in [-0.4, -0.2) is 50.5 Å². The van der Waals surface area contributed by atoms with E-state index < -0.39 is 0 Å². The van der Waals surface area contributed by atoms with E-state index >= 15 is 0 Å². The number of ether oxygens (including phenoxy) is 2. The average Bonchev–Trinajstić information content (AvgIpc) is 2.33. The molecule has 1 rings (SSSR count). The Morgan fingerprint density at radius 3 is 2.65 bits per heavy atom. The second kappa shape index (κ2) is 7.81. The summed E-state index contributed by atoms with van der Waals surface area (Å²) < 4.78 is 10.1. The molecule has 1 aromatic rings. The Morgan fingerprint density at radius 1 is 1.24 bits per heavy atom. The van der Waals surface area contributed by atoms with E-state index in [0.717, 1.165) is 19.5 Å². The molecule has 6 heteroatoms. The Kier molecular flexibility index (Phi) is 6.27. The number of hydrogen-bond acceptors (Lipinski definition) is 6. The van der Waals surface area contributed by atoms with Crippen LogP contribution in [0.2, 0.25) is 0 Å². The second-order valence-electron chi connectivity index (χ2n) is 3.61. The van der Waals surface area contributed by atoms with Gasteiger partial charge in [0, 0.05) is 40.1 Å². The van der Waals surface area contributed by atoms with Crippen LogP contribution in [0.25, 0.3) is 0 Å². The van der Waals surface area contributed by atoms with Gasteiger partial charge >= 0.3 is 0 Å². The topological polar surface area (TPSA) is 73.5 Å². The van der Waals surface area contributed by atoms with Crippen LogP contribution >= 0.6 is 0 Å². The summed E-state index contributed by atoms with van der Waals surface area (Å²) in [7, 11) is 3.37. The lowest BCUT2D eigenvalue weighted by Crippen LogP contribution is -2.30. The molecule has 0 aromatic carbocycles. The van der Waals surface area contributed by atoms with Crippen molar-refractivity contribution in [1.82, 2.24) is 9.97 Å². The fourth-order valence-corrected chi connectivity index (χ4v) is 1.43. The van der Waals surface area contributed by atoms with Crippen LogP contribution in [0.5, 0.6) is 0 Å². The molecule has 0 unspecified atom stereocenters. The molecule has 0 aliphatic carbocycles. The van der Waals surface area contributed by atoms with Gasteiger partial charge in [0.15, 0.2) is 0 Å². The minimum atomic E-state index is 0.476. The van der Waals surface area contributed by atoms with Crippen LogP contribution in [0, 0.1) is 0 Å². The Labute approximate surface area is 102 Å². The van der Waals surface area contributed by atoms with Gasteiger partial charge in [0.1, 0.15) is 5.82 Å². The summed E-state index contributed by atoms with van der Waals surface area (Å²) in [6, 6.07) is 1.67. The molecule has 1 heterocycles. The van der Waals surface area contributed by atoms with Gasteiger partial charge in [-0.3, -0.25) is 0 Å². The van der Waals surface area contributed by atoms with Gasteiger partial charge in [0.05, 0.1) is 6.61 Å². The standard InChI is InChI=1S/C11H20N4O2/c1-16-8-3-6-15(7-9-17-2)11-13-5-4-10(12)14-11/h4-5H,3,6-9H2,1-2H3,(H2,12,13,14). The van der Waals surface area contributed by atoms with E-state index in [1.807, 2.05) is 4.90 Å². The highest BCUT2D eigenvalue weighted by Crippen LogP contribution is 2.09. The maximum Gasteiger partial charge on any atom is 0.227 e. The molecule has 0 saturated heterocycles. The SMILES string of the molecule is COCCCN(CCOC)c1nccc(N)n1. The van der Waals surface area contributed by atoms with E-state index in [-0.39, 0.29) is 0 Å². The lowest BCUT2D eigenvalue weighted by Gasteiger charge is -2.22. The summed E-state index contributed by atoms with van der Waals surface area (Å²) in [5.41, 5.74) is 5.65. The van der Waals surface area contributed by atoms with E-state index in [1.54, 1.807) is 26.5 Å². The number of anilines is 2. The predicted octanol–water partition coefficient (Wildman–Crippen LogP) is 0.548. The van der Waals surface area contributed by atoms with Gasteiger partial charge in [-0.25, -0.2) is 4.98 Å². The summed E-state index contributed by atoms with van der Waals surface area (Å²) in [5.74, 6) is 1.11. The Hall–Kier alpha value is -1.40. The highest BCUT2D eigenvalue weighted by Gasteiger charge is 2.09. The molecule has 6 nitrogen and oxygen atoms in total. The van der Waals surface area contributed by atoms with Crippen molar-refractivity contribution in [2.45, 2.75) is 6.42 Å². The van der Waals surface area contributed by atoms with Crippen LogP contribution < -0.4 is 10.6 Å². The molecule has 0 spiro atoms. The molecule has 0 amide bonds. The van der Waals surface area contributed by atoms with E-state index in [4.69, 9.17) is 15.2 Å². The van der Waals surface area contributed by atoms with Crippen LogP contribution in [-0.2, 0) is 9.47 Å². The zero-order chi connectivity index (χ0) is 12.5. The summed E-state index contributed by atoms with van der Waals surface area (Å²) in [4.78, 5) is 10.5. The van der Waals surface area contributed by atoms with Gasteiger partial charge in [-0.2, -0.15) is 4.98 Å². The van der Waals surface area contributed by atoms with Crippen molar-refractivity contribution >= 4 is 11.8 Å². The highest BCUT2D eigenvalue weighted by molar-refractivity contribution is 5.37. The monoisotopic (exact) mass is 240 g/mol. The minimum Gasteiger partial charge on any atom is -0.385 e. The average molecular weight is 240 g/mol. The molecule has 0 fully saturated rings. The minimum absolute atomic E-state index is 0.476. The number of aromatic nitrogens is 2. The number of nitrogen functional groups attached to an aromatic ring is 1. The largest absolute Gasteiger partial charge is 0.385 e. The van der Waals surface area contributed by atoms with Crippen molar-refractivity contribution in [3.05, 3.63) is 12.3 Å². The van der Waals surface area contributed by atoms with Crippen molar-refractivity contribution in [3.8, 4) is 0 Å². The number of methoxy groups -OCH3 is 2. The predicted molar refractivity (Wildman–Crippen MR) is 67.0 cm³/mol. The Bertz CT molecular complexity index is 322. The van der Waals surface area contributed by atoms with Gasteiger partial charge in [-0.1, -0.05) is 0 Å². The van der Waals surface area contributed by atoms with Crippen LogP contribution in [0.15, 0.2) is 12.3 Å². The van der Waals surface area contributed by atoms with E-state index in [2.05, 4.69) is 9.97 Å². The molecule has 0 aliphatic rings. The molecule has 1 aromatic heterocycles. The van der Waals surface area contributed by atoms with Crippen LogP contribution in [0.4, 0.5) is 11.8 Å². The number of rotatable bonds is 8. The fourth-order valence-electron chi connectivity index (χ4n) is 1.43. The summed E-state index contributed by atoms with van der Waals surface area (Å²) >= 11 is 0. The van der Waals surface area contributed by atoms with Crippen LogP contribution in [0.3, 0.4) is 0 Å². The lowest BCUT2D eigenvalue weighted by molar-refractivity contribution is 0.190. The normalized spacial score (nSPS) is 10.5. The fraction of sp³-hybridized carbons (Fsp3) is 0.636. The summed E-state index contributed by atoms with van der Waals surface area (Å²) in [5, 5.41) is 0. The van der Waals surface area contributed by atoms with Gasteiger partial charge in [0.25, 0.3) is 0 Å². The van der Waals surface area contributed by atoms with E-state index in [0.29, 0.717) is 25.0 Å². The molecular formula is C11H20N4O2. The summed E-state index contributed by atoms with van der Waals surface area (Å²) in [6.07, 6.45) is 2.58. The van der Waals surface area contributed by atoms with Crippen molar-refractivity contribution in [2.75, 3.05) is 51.2 Å². The van der Waals surface area contributed by atoms with E-state index in [9.17, 15) is 0 Å². The number of nitrogens with two attached hydrogens (primary N) is 1. The van der Waals surface area contributed by atoms with Gasteiger partial charge in [-0.15, -0.1) is 0 Å². The maximum atomic E-state index is 5.65. The van der Waals surface area contributed by atoms with Gasteiger partial charge < -0.3 is 20.1 Å². The first-order valence-electron chi connectivity index (χ1n) is 5.59. The third-order valence-electron chi connectivity index (χ3n) is 2.29. The van der Waals surface area contributed by atoms with Crippen LogP contribution in [0.1, 0.15) is 6.42 Å². The summed E-state index contributed by atoms with van der Waals surface area (Å²) in [6.45, 7) is 2.90.